The van der Waals surface area contributed by atoms with E-state index in [1.54, 1.807) is 55.6 Å². The predicted octanol–water partition coefficient (Wildman–Crippen LogP) is 3.80. The Bertz CT molecular complexity index is 1180. The van der Waals surface area contributed by atoms with Gasteiger partial charge in [0.1, 0.15) is 27.8 Å². The first-order chi connectivity index (χ1) is 16.8. The van der Waals surface area contributed by atoms with E-state index >= 15 is 0 Å². The quantitative estimate of drug-likeness (QED) is 0.386. The molecule has 0 saturated carbocycles. The van der Waals surface area contributed by atoms with Gasteiger partial charge in [-0.05, 0) is 52.2 Å². The maximum absolute atomic E-state index is 12.7. The van der Waals surface area contributed by atoms with Crippen LogP contribution in [0, 0.1) is 6.92 Å². The number of esters is 1. The highest BCUT2D eigenvalue weighted by Crippen LogP contribution is 2.37. The second-order valence-corrected chi connectivity index (χ2v) is 8.76. The lowest BCUT2D eigenvalue weighted by Gasteiger charge is -2.13. The Balaban J connectivity index is 1.70. The molecule has 3 aromatic rings. The van der Waals surface area contributed by atoms with E-state index in [1.807, 2.05) is 19.0 Å². The average Bonchev–Trinajstić information content (AvgIpc) is 3.43. The fraction of sp³-hybridized carbons (Fsp3) is 0.320. The topological polar surface area (TPSA) is 110 Å². The number of hydrogen-bond acceptors (Lipinski definition) is 8. The van der Waals surface area contributed by atoms with Crippen LogP contribution in [-0.2, 0) is 9.53 Å². The molecule has 1 aromatic carbocycles. The van der Waals surface area contributed by atoms with E-state index in [-0.39, 0.29) is 30.4 Å². The van der Waals surface area contributed by atoms with Crippen molar-refractivity contribution in [3.63, 3.8) is 0 Å². The molecular formula is C25H29N3O6S. The van der Waals surface area contributed by atoms with Crippen molar-refractivity contribution in [3.05, 3.63) is 58.7 Å². The van der Waals surface area contributed by atoms with E-state index in [4.69, 9.17) is 13.9 Å². The maximum Gasteiger partial charge on any atom is 0.341 e. The van der Waals surface area contributed by atoms with Crippen LogP contribution in [0.15, 0.2) is 46.2 Å². The number of aryl methyl sites for hydroxylation is 1. The van der Waals surface area contributed by atoms with Crippen molar-refractivity contribution in [3.8, 4) is 17.1 Å². The summed E-state index contributed by atoms with van der Waals surface area (Å²) in [5.74, 6) is 0.158. The molecule has 2 N–H and O–H groups in total. The van der Waals surface area contributed by atoms with E-state index in [0.29, 0.717) is 40.7 Å². The first kappa shape index (κ1) is 26.0. The molecule has 35 heavy (non-hydrogen) atoms. The van der Waals surface area contributed by atoms with E-state index in [1.165, 1.54) is 11.3 Å². The number of anilines is 1. The molecule has 0 spiro atoms. The van der Waals surface area contributed by atoms with Crippen LogP contribution in [0.1, 0.15) is 33.4 Å². The summed E-state index contributed by atoms with van der Waals surface area (Å²) in [4.78, 5) is 39.8. The van der Waals surface area contributed by atoms with Crippen LogP contribution in [0.2, 0.25) is 0 Å². The molecule has 9 nitrogen and oxygen atoms in total. The van der Waals surface area contributed by atoms with Crippen LogP contribution >= 0.6 is 11.3 Å². The van der Waals surface area contributed by atoms with Crippen LogP contribution in [0.5, 0.6) is 5.75 Å². The molecule has 186 valence electrons. The number of carbonyl (C=O) groups excluding carboxylic acids is 3. The van der Waals surface area contributed by atoms with Gasteiger partial charge in [-0.1, -0.05) is 12.1 Å². The van der Waals surface area contributed by atoms with Crippen LogP contribution in [0.25, 0.3) is 11.3 Å². The zero-order valence-corrected chi connectivity index (χ0v) is 21.0. The molecule has 0 saturated heterocycles. The Morgan fingerprint density at radius 2 is 1.89 bits per heavy atom. The summed E-state index contributed by atoms with van der Waals surface area (Å²) in [6.07, 6.45) is 0. The van der Waals surface area contributed by atoms with Gasteiger partial charge >= 0.3 is 5.97 Å². The number of thiophene rings is 1. The van der Waals surface area contributed by atoms with Gasteiger partial charge < -0.3 is 29.4 Å². The number of carbonyl (C=O) groups is 3. The van der Waals surface area contributed by atoms with Gasteiger partial charge in [0.05, 0.1) is 12.2 Å². The second kappa shape index (κ2) is 12.2. The van der Waals surface area contributed by atoms with Crippen LogP contribution in [0.4, 0.5) is 5.00 Å². The third-order valence-electron chi connectivity index (χ3n) is 4.86. The largest absolute Gasteiger partial charge is 0.483 e. The summed E-state index contributed by atoms with van der Waals surface area (Å²) in [6, 6.07) is 10.3. The molecule has 0 radical (unpaired) electrons. The number of benzene rings is 1. The Morgan fingerprint density at radius 1 is 1.11 bits per heavy atom. The summed E-state index contributed by atoms with van der Waals surface area (Å²) in [7, 11) is 3.84. The van der Waals surface area contributed by atoms with Gasteiger partial charge in [0, 0.05) is 24.0 Å². The molecule has 0 bridgehead atoms. The molecule has 0 unspecified atom stereocenters. The molecule has 0 fully saturated rings. The van der Waals surface area contributed by atoms with Crippen molar-refractivity contribution in [2.45, 2.75) is 13.8 Å². The van der Waals surface area contributed by atoms with Gasteiger partial charge in [-0.15, -0.1) is 11.3 Å². The lowest BCUT2D eigenvalue weighted by atomic mass is 10.1. The number of amides is 2. The molecule has 0 aliphatic heterocycles. The first-order valence-electron chi connectivity index (χ1n) is 11.1. The number of nitrogens with one attached hydrogen (secondary N) is 2. The lowest BCUT2D eigenvalue weighted by molar-refractivity contribution is -0.118. The molecule has 0 aliphatic carbocycles. The summed E-state index contributed by atoms with van der Waals surface area (Å²) in [6.45, 7) is 4.53. The SMILES string of the molecule is CCOC(=O)c1c(-c2ccc(C)o2)csc1NC(=O)COc1ccccc1C(=O)NCCN(C)C. The smallest absolute Gasteiger partial charge is 0.341 e. The minimum absolute atomic E-state index is 0.190. The average molecular weight is 500 g/mol. The zero-order valence-electron chi connectivity index (χ0n) is 20.2. The van der Waals surface area contributed by atoms with Crippen molar-refractivity contribution in [1.82, 2.24) is 10.2 Å². The number of hydrogen-bond donors (Lipinski definition) is 2. The first-order valence-corrected chi connectivity index (χ1v) is 12.0. The molecule has 3 rings (SSSR count). The molecule has 10 heteroatoms. The molecule has 0 atom stereocenters. The number of furan rings is 1. The molecule has 2 heterocycles. The maximum atomic E-state index is 12.7. The normalized spacial score (nSPS) is 10.8. The van der Waals surface area contributed by atoms with Gasteiger partial charge in [0.2, 0.25) is 0 Å². The van der Waals surface area contributed by atoms with E-state index < -0.39 is 11.9 Å². The highest BCUT2D eigenvalue weighted by atomic mass is 32.1. The third-order valence-corrected chi connectivity index (χ3v) is 5.76. The van der Waals surface area contributed by atoms with Gasteiger partial charge in [0.25, 0.3) is 11.8 Å². The number of para-hydroxylation sites is 1. The Labute approximate surface area is 208 Å². The fourth-order valence-corrected chi connectivity index (χ4v) is 4.14. The summed E-state index contributed by atoms with van der Waals surface area (Å²) >= 11 is 1.19. The minimum Gasteiger partial charge on any atom is -0.483 e. The van der Waals surface area contributed by atoms with Crippen molar-refractivity contribution < 1.29 is 28.3 Å². The highest BCUT2D eigenvalue weighted by molar-refractivity contribution is 7.15. The van der Waals surface area contributed by atoms with E-state index in [2.05, 4.69) is 10.6 Å². The fourth-order valence-electron chi connectivity index (χ4n) is 3.19. The summed E-state index contributed by atoms with van der Waals surface area (Å²) in [5, 5.41) is 7.61. The molecule has 2 amide bonds. The van der Waals surface area contributed by atoms with Gasteiger partial charge in [-0.2, -0.15) is 0 Å². The minimum atomic E-state index is -0.561. The zero-order chi connectivity index (χ0) is 25.4. The van der Waals surface area contributed by atoms with Crippen LogP contribution in [-0.4, -0.2) is 63.1 Å². The van der Waals surface area contributed by atoms with E-state index in [0.717, 1.165) is 0 Å². The standard InChI is InChI=1S/C25H29N3O6S/c1-5-32-25(31)22-18(20-11-10-16(2)34-20)15-35-24(22)27-21(29)14-33-19-9-7-6-8-17(19)23(30)26-12-13-28(3)4/h6-11,15H,5,12-14H2,1-4H3,(H,26,30)(H,27,29). The predicted molar refractivity (Wildman–Crippen MR) is 134 cm³/mol. The van der Waals surface area contributed by atoms with Crippen LogP contribution in [0.3, 0.4) is 0 Å². The summed E-state index contributed by atoms with van der Waals surface area (Å²) < 4.78 is 16.5. The Morgan fingerprint density at radius 3 is 2.57 bits per heavy atom. The summed E-state index contributed by atoms with van der Waals surface area (Å²) in [5.41, 5.74) is 1.09. The van der Waals surface area contributed by atoms with Crippen molar-refractivity contribution >= 4 is 34.1 Å². The second-order valence-electron chi connectivity index (χ2n) is 7.88. The monoisotopic (exact) mass is 499 g/mol. The molecular weight excluding hydrogens is 470 g/mol. The van der Waals surface area contributed by atoms with Crippen molar-refractivity contribution in [2.24, 2.45) is 0 Å². The van der Waals surface area contributed by atoms with Gasteiger partial charge in [-0.3, -0.25) is 9.59 Å². The van der Waals surface area contributed by atoms with Crippen molar-refractivity contribution in [2.75, 3.05) is 45.7 Å². The number of ether oxygens (including phenoxy) is 2. The number of likely N-dealkylation sites (N-methyl/N-ethyl adjacent to an activating group) is 1. The molecule has 2 aromatic heterocycles. The third kappa shape index (κ3) is 6.93. The highest BCUT2D eigenvalue weighted by Gasteiger charge is 2.24. The van der Waals surface area contributed by atoms with E-state index in [9.17, 15) is 14.4 Å². The Kier molecular flexibility index (Phi) is 9.04. The van der Waals surface area contributed by atoms with Crippen LogP contribution < -0.4 is 15.4 Å². The number of nitrogens with zero attached hydrogens (tertiary/aromatic N) is 1. The lowest BCUT2D eigenvalue weighted by Crippen LogP contribution is -2.31. The van der Waals surface area contributed by atoms with Gasteiger partial charge in [0.15, 0.2) is 6.61 Å². The van der Waals surface area contributed by atoms with Gasteiger partial charge in [-0.25, -0.2) is 4.79 Å². The Hall–Kier alpha value is -3.63. The van der Waals surface area contributed by atoms with Crippen molar-refractivity contribution in [1.29, 1.82) is 0 Å². The molecule has 0 aliphatic rings. The number of rotatable bonds is 11.